The van der Waals surface area contributed by atoms with Gasteiger partial charge in [0.05, 0.1) is 11.8 Å². The molecule has 0 fully saturated rings. The van der Waals surface area contributed by atoms with Crippen molar-refractivity contribution in [2.24, 2.45) is 4.99 Å². The van der Waals surface area contributed by atoms with Crippen LogP contribution in [0.4, 0.5) is 0 Å². The second-order valence-electron chi connectivity index (χ2n) is 6.52. The SMILES string of the molecule is CCNC(=NCCCOC(C)c1ccccc1)NCCc1c(C)noc1C. The molecule has 6 nitrogen and oxygen atoms in total. The maximum Gasteiger partial charge on any atom is 0.191 e. The molecule has 6 heteroatoms. The number of aliphatic imine (C=N–C) groups is 1. The van der Waals surface area contributed by atoms with Crippen LogP contribution in [0.2, 0.25) is 0 Å². The van der Waals surface area contributed by atoms with Crippen LogP contribution < -0.4 is 10.6 Å². The summed E-state index contributed by atoms with van der Waals surface area (Å²) < 4.78 is 11.1. The summed E-state index contributed by atoms with van der Waals surface area (Å²) in [5.74, 6) is 1.72. The van der Waals surface area contributed by atoms with Gasteiger partial charge in [-0.3, -0.25) is 4.99 Å². The summed E-state index contributed by atoms with van der Waals surface area (Å²) in [7, 11) is 0. The van der Waals surface area contributed by atoms with Gasteiger partial charge in [-0.05, 0) is 46.1 Å². The van der Waals surface area contributed by atoms with Gasteiger partial charge in [-0.2, -0.15) is 0 Å². The van der Waals surface area contributed by atoms with E-state index in [9.17, 15) is 0 Å². The molecule has 0 aliphatic carbocycles. The standard InChI is InChI=1S/C21H32N4O2/c1-5-22-21(24-14-12-20-16(2)25-27-18(20)4)23-13-9-15-26-17(3)19-10-7-6-8-11-19/h6-8,10-11,17H,5,9,12-15H2,1-4H3,(H2,22,23,24). The Bertz CT molecular complexity index is 678. The molecule has 0 saturated carbocycles. The Labute approximate surface area is 162 Å². The van der Waals surface area contributed by atoms with Crippen LogP contribution in [0.15, 0.2) is 39.8 Å². The topological polar surface area (TPSA) is 71.7 Å². The molecule has 1 atom stereocenters. The maximum atomic E-state index is 5.90. The molecule has 148 valence electrons. The van der Waals surface area contributed by atoms with Gasteiger partial charge in [-0.25, -0.2) is 0 Å². The normalized spacial score (nSPS) is 12.8. The van der Waals surface area contributed by atoms with Crippen molar-refractivity contribution in [3.05, 3.63) is 52.9 Å². The van der Waals surface area contributed by atoms with Gasteiger partial charge in [-0.15, -0.1) is 0 Å². The second-order valence-corrected chi connectivity index (χ2v) is 6.52. The molecular formula is C21H32N4O2. The average molecular weight is 373 g/mol. The van der Waals surface area contributed by atoms with Crippen molar-refractivity contribution in [2.75, 3.05) is 26.2 Å². The van der Waals surface area contributed by atoms with Gasteiger partial charge in [0.2, 0.25) is 0 Å². The summed E-state index contributed by atoms with van der Waals surface area (Å²) >= 11 is 0. The lowest BCUT2D eigenvalue weighted by atomic mass is 10.1. The molecule has 0 radical (unpaired) electrons. The van der Waals surface area contributed by atoms with Crippen molar-refractivity contribution < 1.29 is 9.26 Å². The van der Waals surface area contributed by atoms with Crippen molar-refractivity contribution >= 4 is 5.96 Å². The van der Waals surface area contributed by atoms with E-state index in [0.717, 1.165) is 49.9 Å². The lowest BCUT2D eigenvalue weighted by Gasteiger charge is -2.13. The number of ether oxygens (including phenoxy) is 1. The predicted octanol–water partition coefficient (Wildman–Crippen LogP) is 3.56. The number of aromatic nitrogens is 1. The Morgan fingerprint density at radius 1 is 1.22 bits per heavy atom. The molecular weight excluding hydrogens is 340 g/mol. The molecule has 0 spiro atoms. The molecule has 2 rings (SSSR count). The van der Waals surface area contributed by atoms with Crippen LogP contribution in [0, 0.1) is 13.8 Å². The van der Waals surface area contributed by atoms with Crippen LogP contribution in [0.5, 0.6) is 0 Å². The first-order chi connectivity index (χ1) is 13.1. The molecule has 2 aromatic rings. The number of nitrogens with zero attached hydrogens (tertiary/aromatic N) is 2. The summed E-state index contributed by atoms with van der Waals surface area (Å²) in [5.41, 5.74) is 3.33. The third-order valence-electron chi connectivity index (χ3n) is 4.40. The first kappa shape index (κ1) is 21.0. The zero-order valence-corrected chi connectivity index (χ0v) is 16.9. The third kappa shape index (κ3) is 7.06. The molecule has 1 aromatic heterocycles. The quantitative estimate of drug-likeness (QED) is 0.379. The van der Waals surface area contributed by atoms with Crippen molar-refractivity contribution in [3.63, 3.8) is 0 Å². The lowest BCUT2D eigenvalue weighted by molar-refractivity contribution is 0.0652. The van der Waals surface area contributed by atoms with E-state index in [-0.39, 0.29) is 6.10 Å². The Morgan fingerprint density at radius 3 is 2.67 bits per heavy atom. The molecule has 0 amide bonds. The number of hydrogen-bond acceptors (Lipinski definition) is 4. The van der Waals surface area contributed by atoms with Gasteiger partial charge in [0.15, 0.2) is 5.96 Å². The second kappa shape index (κ2) is 11.4. The summed E-state index contributed by atoms with van der Waals surface area (Å²) in [6, 6.07) is 10.3. The van der Waals surface area contributed by atoms with Crippen molar-refractivity contribution in [1.29, 1.82) is 0 Å². The van der Waals surface area contributed by atoms with E-state index in [1.54, 1.807) is 0 Å². The Morgan fingerprint density at radius 2 is 2.00 bits per heavy atom. The zero-order chi connectivity index (χ0) is 19.5. The Hall–Kier alpha value is -2.34. The average Bonchev–Trinajstić information content (AvgIpc) is 3.00. The van der Waals surface area contributed by atoms with Gasteiger partial charge in [-0.1, -0.05) is 35.5 Å². The first-order valence-corrected chi connectivity index (χ1v) is 9.72. The van der Waals surface area contributed by atoms with Gasteiger partial charge in [0.1, 0.15) is 5.76 Å². The molecule has 0 bridgehead atoms. The number of guanidine groups is 1. The fraction of sp³-hybridized carbons (Fsp3) is 0.524. The van der Waals surface area contributed by atoms with Crippen molar-refractivity contribution in [3.8, 4) is 0 Å². The first-order valence-electron chi connectivity index (χ1n) is 9.72. The van der Waals surface area contributed by atoms with Crippen molar-refractivity contribution in [1.82, 2.24) is 15.8 Å². The molecule has 27 heavy (non-hydrogen) atoms. The number of benzene rings is 1. The van der Waals surface area contributed by atoms with Crippen molar-refractivity contribution in [2.45, 2.75) is 46.6 Å². The molecule has 2 N–H and O–H groups in total. The van der Waals surface area contributed by atoms with E-state index in [2.05, 4.69) is 46.8 Å². The van der Waals surface area contributed by atoms with Crippen LogP contribution in [-0.2, 0) is 11.2 Å². The minimum Gasteiger partial charge on any atom is -0.374 e. The molecule has 0 aliphatic heterocycles. The molecule has 1 aromatic carbocycles. The largest absolute Gasteiger partial charge is 0.374 e. The third-order valence-corrected chi connectivity index (χ3v) is 4.40. The highest BCUT2D eigenvalue weighted by Gasteiger charge is 2.08. The lowest BCUT2D eigenvalue weighted by Crippen LogP contribution is -2.38. The van der Waals surface area contributed by atoms with E-state index < -0.39 is 0 Å². The monoisotopic (exact) mass is 372 g/mol. The summed E-state index contributed by atoms with van der Waals surface area (Å²) in [6.07, 6.45) is 1.86. The highest BCUT2D eigenvalue weighted by molar-refractivity contribution is 5.79. The van der Waals surface area contributed by atoms with E-state index in [4.69, 9.17) is 9.26 Å². The molecule has 1 heterocycles. The molecule has 0 aliphatic rings. The maximum absolute atomic E-state index is 5.90. The zero-order valence-electron chi connectivity index (χ0n) is 16.9. The number of aryl methyl sites for hydroxylation is 2. The number of hydrogen-bond donors (Lipinski definition) is 2. The summed E-state index contributed by atoms with van der Waals surface area (Å²) in [5, 5.41) is 10.6. The van der Waals surface area contributed by atoms with E-state index in [1.807, 2.05) is 32.0 Å². The number of nitrogens with one attached hydrogen (secondary N) is 2. The summed E-state index contributed by atoms with van der Waals surface area (Å²) in [4.78, 5) is 4.62. The van der Waals surface area contributed by atoms with E-state index in [1.165, 1.54) is 11.1 Å². The summed E-state index contributed by atoms with van der Waals surface area (Å²) in [6.45, 7) is 11.1. The fourth-order valence-corrected chi connectivity index (χ4v) is 2.84. The van der Waals surface area contributed by atoms with Gasteiger partial charge in [0, 0.05) is 31.8 Å². The predicted molar refractivity (Wildman–Crippen MR) is 109 cm³/mol. The number of rotatable bonds is 10. The Balaban J connectivity index is 1.70. The molecule has 0 saturated heterocycles. The van der Waals surface area contributed by atoms with Crippen LogP contribution in [0.1, 0.15) is 49.0 Å². The van der Waals surface area contributed by atoms with Crippen LogP contribution in [-0.4, -0.2) is 37.4 Å². The molecule has 1 unspecified atom stereocenters. The van der Waals surface area contributed by atoms with E-state index >= 15 is 0 Å². The van der Waals surface area contributed by atoms with Gasteiger partial charge < -0.3 is 19.9 Å². The van der Waals surface area contributed by atoms with Gasteiger partial charge in [0.25, 0.3) is 0 Å². The van der Waals surface area contributed by atoms with Crippen LogP contribution in [0.25, 0.3) is 0 Å². The highest BCUT2D eigenvalue weighted by atomic mass is 16.5. The van der Waals surface area contributed by atoms with Gasteiger partial charge >= 0.3 is 0 Å². The fourth-order valence-electron chi connectivity index (χ4n) is 2.84. The van der Waals surface area contributed by atoms with E-state index in [0.29, 0.717) is 6.61 Å². The minimum absolute atomic E-state index is 0.108. The highest BCUT2D eigenvalue weighted by Crippen LogP contribution is 2.15. The minimum atomic E-state index is 0.108. The van der Waals surface area contributed by atoms with Crippen LogP contribution in [0.3, 0.4) is 0 Å². The Kier molecular flexibility index (Phi) is 8.84. The van der Waals surface area contributed by atoms with Crippen LogP contribution >= 0.6 is 0 Å². The smallest absolute Gasteiger partial charge is 0.191 e.